The van der Waals surface area contributed by atoms with Gasteiger partial charge < -0.3 is 4.90 Å². The highest BCUT2D eigenvalue weighted by Gasteiger charge is 2.37. The first-order valence-electron chi connectivity index (χ1n) is 9.14. The molecular weight excluding hydrogens is 288 g/mol. The summed E-state index contributed by atoms with van der Waals surface area (Å²) in [5.74, 6) is 1.19. The lowest BCUT2D eigenvalue weighted by Crippen LogP contribution is -2.53. The van der Waals surface area contributed by atoms with Gasteiger partial charge in [0.05, 0.1) is 11.7 Å². The maximum atomic E-state index is 12.3. The molecule has 1 aliphatic carbocycles. The van der Waals surface area contributed by atoms with Gasteiger partial charge in [-0.15, -0.1) is 0 Å². The van der Waals surface area contributed by atoms with Crippen LogP contribution in [0.5, 0.6) is 0 Å². The summed E-state index contributed by atoms with van der Waals surface area (Å²) in [6, 6.07) is 3.25. The van der Waals surface area contributed by atoms with Crippen molar-refractivity contribution < 1.29 is 4.79 Å². The molecule has 1 aromatic rings. The van der Waals surface area contributed by atoms with Gasteiger partial charge in [-0.05, 0) is 51.5 Å². The monoisotopic (exact) mass is 316 g/mol. The molecule has 5 nitrogen and oxygen atoms in total. The highest BCUT2D eigenvalue weighted by atomic mass is 16.2. The lowest BCUT2D eigenvalue weighted by Gasteiger charge is -2.44. The first-order chi connectivity index (χ1) is 11.1. The Kier molecular flexibility index (Phi) is 3.92. The Morgan fingerprint density at radius 3 is 2.57 bits per heavy atom. The molecule has 0 N–H and O–H groups in total. The van der Waals surface area contributed by atoms with Gasteiger partial charge in [0.25, 0.3) is 0 Å². The molecule has 2 saturated heterocycles. The number of hydrogen-bond acceptors (Lipinski definition) is 3. The first kappa shape index (κ1) is 15.2. The van der Waals surface area contributed by atoms with Gasteiger partial charge in [-0.3, -0.25) is 14.4 Å². The van der Waals surface area contributed by atoms with Gasteiger partial charge in [0.1, 0.15) is 0 Å². The predicted molar refractivity (Wildman–Crippen MR) is 89.3 cm³/mol. The van der Waals surface area contributed by atoms with Crippen LogP contribution in [-0.2, 0) is 4.79 Å². The van der Waals surface area contributed by atoms with Crippen molar-refractivity contribution in [2.45, 2.75) is 58.0 Å². The Hall–Kier alpha value is -1.36. The standard InChI is InChI=1S/C18H28N4O/c1-13-9-14(2)22(19-13)17-11-21(12-17)16-5-6-18(23)20(8-7-16)10-15-3-4-15/h9,15-17H,3-8,10-12H2,1-2H3. The minimum Gasteiger partial charge on any atom is -0.342 e. The predicted octanol–water partition coefficient (Wildman–Crippen LogP) is 2.15. The molecule has 4 rings (SSSR count). The molecule has 126 valence electrons. The molecule has 3 heterocycles. The van der Waals surface area contributed by atoms with Crippen molar-refractivity contribution in [1.29, 1.82) is 0 Å². The molecule has 1 saturated carbocycles. The average molecular weight is 316 g/mol. The van der Waals surface area contributed by atoms with Crippen LogP contribution in [0.15, 0.2) is 6.07 Å². The lowest BCUT2D eigenvalue weighted by atomic mass is 10.00. The Morgan fingerprint density at radius 1 is 1.13 bits per heavy atom. The summed E-state index contributed by atoms with van der Waals surface area (Å²) in [5.41, 5.74) is 2.37. The molecule has 1 amide bonds. The molecule has 2 aliphatic heterocycles. The highest BCUT2D eigenvalue weighted by molar-refractivity contribution is 5.76. The smallest absolute Gasteiger partial charge is 0.222 e. The third-order valence-electron chi connectivity index (χ3n) is 5.75. The third kappa shape index (κ3) is 3.16. The van der Waals surface area contributed by atoms with Crippen LogP contribution in [0.4, 0.5) is 0 Å². The van der Waals surface area contributed by atoms with E-state index >= 15 is 0 Å². The summed E-state index contributed by atoms with van der Waals surface area (Å²) >= 11 is 0. The van der Waals surface area contributed by atoms with E-state index < -0.39 is 0 Å². The van der Waals surface area contributed by atoms with Gasteiger partial charge in [0.15, 0.2) is 0 Å². The van der Waals surface area contributed by atoms with Crippen molar-refractivity contribution in [2.75, 3.05) is 26.2 Å². The number of amides is 1. The SMILES string of the molecule is Cc1cc(C)n(C2CN(C3CCC(=O)N(CC4CC4)CC3)C2)n1. The van der Waals surface area contributed by atoms with E-state index in [1.165, 1.54) is 18.5 Å². The summed E-state index contributed by atoms with van der Waals surface area (Å²) < 4.78 is 2.19. The largest absolute Gasteiger partial charge is 0.342 e. The summed E-state index contributed by atoms with van der Waals surface area (Å²) in [6.45, 7) is 8.35. The van der Waals surface area contributed by atoms with E-state index in [1.807, 2.05) is 0 Å². The van der Waals surface area contributed by atoms with E-state index in [0.717, 1.165) is 57.1 Å². The minimum atomic E-state index is 0.384. The molecule has 1 aromatic heterocycles. The maximum Gasteiger partial charge on any atom is 0.222 e. The Balaban J connectivity index is 1.31. The van der Waals surface area contributed by atoms with Crippen molar-refractivity contribution in [1.82, 2.24) is 19.6 Å². The van der Waals surface area contributed by atoms with Gasteiger partial charge in [0.2, 0.25) is 5.91 Å². The molecule has 23 heavy (non-hydrogen) atoms. The quantitative estimate of drug-likeness (QED) is 0.855. The fourth-order valence-corrected chi connectivity index (χ4v) is 4.15. The normalized spacial score (nSPS) is 27.1. The second-order valence-electron chi connectivity index (χ2n) is 7.74. The summed E-state index contributed by atoms with van der Waals surface area (Å²) in [5, 5.41) is 4.62. The second kappa shape index (κ2) is 5.93. The number of nitrogens with zero attached hydrogens (tertiary/aromatic N) is 4. The molecular formula is C18H28N4O. The minimum absolute atomic E-state index is 0.384. The number of carbonyl (C=O) groups excluding carboxylic acids is 1. The van der Waals surface area contributed by atoms with Gasteiger partial charge in [-0.25, -0.2) is 0 Å². The molecule has 0 radical (unpaired) electrons. The van der Waals surface area contributed by atoms with E-state index in [2.05, 4.69) is 39.5 Å². The Bertz CT molecular complexity index is 586. The molecule has 5 heteroatoms. The number of rotatable bonds is 4. The fraction of sp³-hybridized carbons (Fsp3) is 0.778. The van der Waals surface area contributed by atoms with Crippen LogP contribution >= 0.6 is 0 Å². The zero-order chi connectivity index (χ0) is 16.0. The van der Waals surface area contributed by atoms with Gasteiger partial charge in [0, 0.05) is 44.3 Å². The zero-order valence-corrected chi connectivity index (χ0v) is 14.4. The molecule has 0 aromatic carbocycles. The van der Waals surface area contributed by atoms with Crippen molar-refractivity contribution in [3.05, 3.63) is 17.5 Å². The summed E-state index contributed by atoms with van der Waals surface area (Å²) in [6.07, 6.45) is 5.55. The number of carbonyl (C=O) groups is 1. The summed E-state index contributed by atoms with van der Waals surface area (Å²) in [7, 11) is 0. The van der Waals surface area contributed by atoms with Gasteiger partial charge >= 0.3 is 0 Å². The van der Waals surface area contributed by atoms with Gasteiger partial charge in [-0.2, -0.15) is 5.10 Å². The van der Waals surface area contributed by atoms with E-state index in [9.17, 15) is 4.79 Å². The van der Waals surface area contributed by atoms with Crippen LogP contribution in [-0.4, -0.2) is 57.7 Å². The molecule has 3 fully saturated rings. The molecule has 0 bridgehead atoms. The second-order valence-corrected chi connectivity index (χ2v) is 7.74. The Morgan fingerprint density at radius 2 is 1.91 bits per heavy atom. The molecule has 1 unspecified atom stereocenters. The van der Waals surface area contributed by atoms with E-state index in [-0.39, 0.29) is 0 Å². The van der Waals surface area contributed by atoms with Crippen LogP contribution in [0.3, 0.4) is 0 Å². The maximum absolute atomic E-state index is 12.3. The number of hydrogen-bond donors (Lipinski definition) is 0. The number of likely N-dealkylation sites (tertiary alicyclic amines) is 2. The molecule has 1 atom stereocenters. The van der Waals surface area contributed by atoms with Crippen molar-refractivity contribution in [3.8, 4) is 0 Å². The van der Waals surface area contributed by atoms with Crippen LogP contribution in [0.2, 0.25) is 0 Å². The van der Waals surface area contributed by atoms with Crippen LogP contribution < -0.4 is 0 Å². The first-order valence-corrected chi connectivity index (χ1v) is 9.14. The Labute approximate surface area is 138 Å². The van der Waals surface area contributed by atoms with Crippen molar-refractivity contribution in [2.24, 2.45) is 5.92 Å². The summed E-state index contributed by atoms with van der Waals surface area (Å²) in [4.78, 5) is 17.0. The van der Waals surface area contributed by atoms with Crippen molar-refractivity contribution in [3.63, 3.8) is 0 Å². The van der Waals surface area contributed by atoms with E-state index in [0.29, 0.717) is 18.0 Å². The molecule has 0 spiro atoms. The van der Waals surface area contributed by atoms with Crippen LogP contribution in [0.25, 0.3) is 0 Å². The topological polar surface area (TPSA) is 41.4 Å². The number of aromatic nitrogens is 2. The number of aryl methyl sites for hydroxylation is 2. The van der Waals surface area contributed by atoms with E-state index in [4.69, 9.17) is 0 Å². The third-order valence-corrected chi connectivity index (χ3v) is 5.75. The lowest BCUT2D eigenvalue weighted by molar-refractivity contribution is -0.130. The van der Waals surface area contributed by atoms with Crippen molar-refractivity contribution >= 4 is 5.91 Å². The molecule has 3 aliphatic rings. The fourth-order valence-electron chi connectivity index (χ4n) is 4.15. The van der Waals surface area contributed by atoms with E-state index in [1.54, 1.807) is 0 Å². The zero-order valence-electron chi connectivity index (χ0n) is 14.4. The highest BCUT2D eigenvalue weighted by Crippen LogP contribution is 2.32. The van der Waals surface area contributed by atoms with Gasteiger partial charge in [-0.1, -0.05) is 0 Å². The average Bonchev–Trinajstić information content (AvgIpc) is 3.24. The van der Waals surface area contributed by atoms with Crippen LogP contribution in [0.1, 0.15) is 49.5 Å². The van der Waals surface area contributed by atoms with Crippen LogP contribution in [0, 0.1) is 19.8 Å².